The molecule has 3 heteroatoms. The Hall–Kier alpha value is -1.51. The Morgan fingerprint density at radius 3 is 2.18 bits per heavy atom. The maximum Gasteiger partial charge on any atom is 0.0635 e. The van der Waals surface area contributed by atoms with E-state index in [4.69, 9.17) is 23.1 Å². The van der Waals surface area contributed by atoms with Gasteiger partial charge in [0.25, 0.3) is 0 Å². The molecule has 0 spiro atoms. The van der Waals surface area contributed by atoms with Gasteiger partial charge in [-0.3, -0.25) is 0 Å². The second-order valence-corrected chi connectivity index (χ2v) is 4.38. The molecular formula is C14H15ClN2. The molecule has 0 amide bonds. The van der Waals surface area contributed by atoms with E-state index in [0.29, 0.717) is 17.3 Å². The first kappa shape index (κ1) is 12.0. The van der Waals surface area contributed by atoms with Gasteiger partial charge in [0.15, 0.2) is 0 Å². The van der Waals surface area contributed by atoms with E-state index < -0.39 is 0 Å². The van der Waals surface area contributed by atoms with E-state index in [9.17, 15) is 0 Å². The topological polar surface area (TPSA) is 52.0 Å². The lowest BCUT2D eigenvalue weighted by atomic mass is 10.0. The lowest BCUT2D eigenvalue weighted by Crippen LogP contribution is -2.02. The first-order valence-corrected chi connectivity index (χ1v) is 5.93. The normalized spacial score (nSPS) is 10.5. The minimum atomic E-state index is 0.591. The molecule has 0 saturated carbocycles. The summed E-state index contributed by atoms with van der Waals surface area (Å²) in [5.41, 5.74) is 15.4. The zero-order valence-corrected chi connectivity index (χ0v) is 10.2. The largest absolute Gasteiger partial charge is 0.398 e. The highest BCUT2D eigenvalue weighted by molar-refractivity contribution is 6.33. The van der Waals surface area contributed by atoms with Gasteiger partial charge in [0.1, 0.15) is 0 Å². The molecule has 88 valence electrons. The van der Waals surface area contributed by atoms with Crippen molar-refractivity contribution in [2.45, 2.75) is 6.42 Å². The van der Waals surface area contributed by atoms with Gasteiger partial charge in [-0.15, -0.1) is 0 Å². The molecule has 0 aromatic heterocycles. The van der Waals surface area contributed by atoms with Crippen molar-refractivity contribution >= 4 is 17.3 Å². The lowest BCUT2D eigenvalue weighted by molar-refractivity contribution is 0.969. The van der Waals surface area contributed by atoms with Crippen LogP contribution < -0.4 is 11.5 Å². The summed E-state index contributed by atoms with van der Waals surface area (Å²) >= 11 is 5.90. The van der Waals surface area contributed by atoms with Crippen LogP contribution in [0.3, 0.4) is 0 Å². The van der Waals surface area contributed by atoms with Crippen molar-refractivity contribution < 1.29 is 0 Å². The number of nitrogen functional groups attached to an aromatic ring is 1. The standard InChI is InChI=1S/C14H15ClN2/c15-13-6-5-12(9-14(13)17)11-3-1-10(2-4-11)7-8-16/h1-6,9H,7-8,16-17H2. The number of rotatable bonds is 3. The Bertz CT molecular complexity index is 506. The molecule has 2 nitrogen and oxygen atoms in total. The Balaban J connectivity index is 2.30. The molecule has 0 radical (unpaired) electrons. The second-order valence-electron chi connectivity index (χ2n) is 3.97. The molecule has 0 aliphatic heterocycles. The third kappa shape index (κ3) is 2.78. The Morgan fingerprint density at radius 1 is 0.941 bits per heavy atom. The van der Waals surface area contributed by atoms with E-state index in [1.807, 2.05) is 18.2 Å². The number of hydrogen-bond donors (Lipinski definition) is 2. The molecule has 0 unspecified atom stereocenters. The number of nitrogens with two attached hydrogens (primary N) is 2. The summed E-state index contributed by atoms with van der Waals surface area (Å²) in [5, 5.41) is 0.591. The highest BCUT2D eigenvalue weighted by atomic mass is 35.5. The highest BCUT2D eigenvalue weighted by Crippen LogP contribution is 2.26. The smallest absolute Gasteiger partial charge is 0.0635 e. The van der Waals surface area contributed by atoms with Crippen molar-refractivity contribution in [3.8, 4) is 11.1 Å². The quantitative estimate of drug-likeness (QED) is 0.818. The Labute approximate surface area is 106 Å². The third-order valence-corrected chi connectivity index (χ3v) is 3.06. The summed E-state index contributed by atoms with van der Waals surface area (Å²) in [6.45, 7) is 0.674. The zero-order chi connectivity index (χ0) is 12.3. The first-order chi connectivity index (χ1) is 8.20. The maximum atomic E-state index is 5.90. The number of halogens is 1. The average Bonchev–Trinajstić information content (AvgIpc) is 2.34. The van der Waals surface area contributed by atoms with Crippen molar-refractivity contribution in [3.63, 3.8) is 0 Å². The van der Waals surface area contributed by atoms with Crippen molar-refractivity contribution in [2.75, 3.05) is 12.3 Å². The fraction of sp³-hybridized carbons (Fsp3) is 0.143. The summed E-state index contributed by atoms with van der Waals surface area (Å²) in [6, 6.07) is 14.0. The fourth-order valence-corrected chi connectivity index (χ4v) is 1.87. The van der Waals surface area contributed by atoms with Crippen molar-refractivity contribution in [1.82, 2.24) is 0 Å². The molecule has 0 fully saturated rings. The monoisotopic (exact) mass is 246 g/mol. The second kappa shape index (κ2) is 5.21. The number of anilines is 1. The van der Waals surface area contributed by atoms with Crippen molar-refractivity contribution in [1.29, 1.82) is 0 Å². The van der Waals surface area contributed by atoms with Gasteiger partial charge in [0.2, 0.25) is 0 Å². The number of hydrogen-bond acceptors (Lipinski definition) is 2. The molecule has 0 saturated heterocycles. The van der Waals surface area contributed by atoms with Crippen LogP contribution in [0.5, 0.6) is 0 Å². The molecule has 0 heterocycles. The average molecular weight is 247 g/mol. The minimum absolute atomic E-state index is 0.591. The van der Waals surface area contributed by atoms with Gasteiger partial charge in [0, 0.05) is 0 Å². The predicted molar refractivity (Wildman–Crippen MR) is 74.1 cm³/mol. The number of benzene rings is 2. The van der Waals surface area contributed by atoms with Crippen LogP contribution in [0, 0.1) is 0 Å². The predicted octanol–water partition coefficient (Wildman–Crippen LogP) is 3.09. The molecule has 0 bridgehead atoms. The molecule has 0 aliphatic carbocycles. The highest BCUT2D eigenvalue weighted by Gasteiger charge is 2.01. The maximum absolute atomic E-state index is 5.90. The molecule has 17 heavy (non-hydrogen) atoms. The van der Waals surface area contributed by atoms with Crippen molar-refractivity contribution in [2.24, 2.45) is 5.73 Å². The van der Waals surface area contributed by atoms with Crippen LogP contribution in [-0.4, -0.2) is 6.54 Å². The molecule has 2 aromatic carbocycles. The van der Waals surface area contributed by atoms with Crippen LogP contribution in [0.4, 0.5) is 5.69 Å². The van der Waals surface area contributed by atoms with Gasteiger partial charge in [-0.05, 0) is 41.8 Å². The van der Waals surface area contributed by atoms with Crippen LogP contribution in [-0.2, 0) is 6.42 Å². The molecule has 4 N–H and O–H groups in total. The van der Waals surface area contributed by atoms with Gasteiger partial charge in [-0.2, -0.15) is 0 Å². The Kier molecular flexibility index (Phi) is 3.67. The van der Waals surface area contributed by atoms with Crippen molar-refractivity contribution in [3.05, 3.63) is 53.1 Å². The van der Waals surface area contributed by atoms with Gasteiger partial charge in [-0.1, -0.05) is 41.9 Å². The van der Waals surface area contributed by atoms with Crippen LogP contribution >= 0.6 is 11.6 Å². The van der Waals surface area contributed by atoms with Crippen LogP contribution in [0.2, 0.25) is 5.02 Å². The summed E-state index contributed by atoms with van der Waals surface area (Å²) in [7, 11) is 0. The van der Waals surface area contributed by atoms with Gasteiger partial charge in [0.05, 0.1) is 10.7 Å². The first-order valence-electron chi connectivity index (χ1n) is 5.55. The van der Waals surface area contributed by atoms with E-state index in [1.54, 1.807) is 0 Å². The van der Waals surface area contributed by atoms with Gasteiger partial charge in [-0.25, -0.2) is 0 Å². The SMILES string of the molecule is NCCc1ccc(-c2ccc(Cl)c(N)c2)cc1. The Morgan fingerprint density at radius 2 is 1.59 bits per heavy atom. The van der Waals surface area contributed by atoms with Crippen LogP contribution in [0.15, 0.2) is 42.5 Å². The summed E-state index contributed by atoms with van der Waals surface area (Å²) in [5.74, 6) is 0. The summed E-state index contributed by atoms with van der Waals surface area (Å²) < 4.78 is 0. The third-order valence-electron chi connectivity index (χ3n) is 2.72. The fourth-order valence-electron chi connectivity index (χ4n) is 1.75. The van der Waals surface area contributed by atoms with E-state index in [2.05, 4.69) is 24.3 Å². The molecule has 0 atom stereocenters. The van der Waals surface area contributed by atoms with Crippen LogP contribution in [0.1, 0.15) is 5.56 Å². The zero-order valence-electron chi connectivity index (χ0n) is 9.49. The minimum Gasteiger partial charge on any atom is -0.398 e. The van der Waals surface area contributed by atoms with E-state index in [0.717, 1.165) is 17.5 Å². The molecular weight excluding hydrogens is 232 g/mol. The molecule has 2 aromatic rings. The molecule has 2 rings (SSSR count). The van der Waals surface area contributed by atoms with E-state index in [-0.39, 0.29) is 0 Å². The van der Waals surface area contributed by atoms with E-state index in [1.165, 1.54) is 5.56 Å². The van der Waals surface area contributed by atoms with Crippen LogP contribution in [0.25, 0.3) is 11.1 Å². The van der Waals surface area contributed by atoms with Gasteiger partial charge >= 0.3 is 0 Å². The van der Waals surface area contributed by atoms with E-state index >= 15 is 0 Å². The van der Waals surface area contributed by atoms with Gasteiger partial charge < -0.3 is 11.5 Å². The summed E-state index contributed by atoms with van der Waals surface area (Å²) in [6.07, 6.45) is 0.906. The molecule has 0 aliphatic rings. The summed E-state index contributed by atoms with van der Waals surface area (Å²) in [4.78, 5) is 0. The lowest BCUT2D eigenvalue weighted by Gasteiger charge is -2.05.